The van der Waals surface area contributed by atoms with E-state index in [2.05, 4.69) is 34.2 Å². The van der Waals surface area contributed by atoms with E-state index in [9.17, 15) is 4.79 Å². The first-order valence-electron chi connectivity index (χ1n) is 8.88. The number of nitrogens with zero attached hydrogens (tertiary/aromatic N) is 6. The molecule has 0 saturated carbocycles. The van der Waals surface area contributed by atoms with Crippen LogP contribution in [0.15, 0.2) is 30.9 Å². The van der Waals surface area contributed by atoms with Gasteiger partial charge in [-0.3, -0.25) is 4.79 Å². The van der Waals surface area contributed by atoms with Gasteiger partial charge in [0.1, 0.15) is 11.9 Å². The first-order valence-corrected chi connectivity index (χ1v) is 8.88. The van der Waals surface area contributed by atoms with Crippen LogP contribution in [0.5, 0.6) is 0 Å². The summed E-state index contributed by atoms with van der Waals surface area (Å²) in [5.74, 6) is 0.860. The summed E-state index contributed by atoms with van der Waals surface area (Å²) < 4.78 is 3.83. The highest BCUT2D eigenvalue weighted by Gasteiger charge is 2.31. The number of piperazine rings is 1. The monoisotopic (exact) mass is 353 g/mol. The lowest BCUT2D eigenvalue weighted by Gasteiger charge is -2.35. The van der Waals surface area contributed by atoms with Gasteiger partial charge >= 0.3 is 0 Å². The van der Waals surface area contributed by atoms with Gasteiger partial charge in [0.25, 0.3) is 5.91 Å². The number of carbonyl (C=O) groups excluding carboxylic acids is 1. The number of aryl methyl sites for hydroxylation is 1. The number of nitrogens with one attached hydrogen (secondary N) is 1. The maximum Gasteiger partial charge on any atom is 0.256 e. The van der Waals surface area contributed by atoms with Gasteiger partial charge in [-0.2, -0.15) is 5.10 Å². The Morgan fingerprint density at radius 3 is 2.88 bits per heavy atom. The normalized spacial score (nSPS) is 18.0. The molecule has 1 aliphatic heterocycles. The van der Waals surface area contributed by atoms with Crippen molar-refractivity contribution in [3.8, 4) is 0 Å². The summed E-state index contributed by atoms with van der Waals surface area (Å²) in [6, 6.07) is 2.02. The van der Waals surface area contributed by atoms with Crippen LogP contribution in [0.2, 0.25) is 0 Å². The molecular formula is C18H23N7O. The van der Waals surface area contributed by atoms with Crippen LogP contribution in [0.3, 0.4) is 0 Å². The molecule has 136 valence electrons. The molecular weight excluding hydrogens is 330 g/mol. The molecule has 1 amide bonds. The van der Waals surface area contributed by atoms with E-state index in [-0.39, 0.29) is 18.0 Å². The maximum atomic E-state index is 13.2. The van der Waals surface area contributed by atoms with Crippen LogP contribution in [-0.2, 0) is 7.05 Å². The van der Waals surface area contributed by atoms with Crippen molar-refractivity contribution in [3.63, 3.8) is 0 Å². The number of aromatic nitrogens is 5. The molecule has 1 aliphatic rings. The Hall–Kier alpha value is -2.74. The van der Waals surface area contributed by atoms with E-state index in [1.165, 1.54) is 0 Å². The molecule has 8 nitrogen and oxygen atoms in total. The van der Waals surface area contributed by atoms with Crippen LogP contribution < -0.4 is 5.32 Å². The summed E-state index contributed by atoms with van der Waals surface area (Å²) in [4.78, 5) is 24.0. The summed E-state index contributed by atoms with van der Waals surface area (Å²) in [5.41, 5.74) is 1.39. The number of imidazole rings is 1. The van der Waals surface area contributed by atoms with E-state index in [0.29, 0.717) is 18.7 Å². The maximum absolute atomic E-state index is 13.2. The van der Waals surface area contributed by atoms with Gasteiger partial charge in [-0.05, 0) is 19.9 Å². The van der Waals surface area contributed by atoms with Gasteiger partial charge in [0, 0.05) is 56.7 Å². The minimum absolute atomic E-state index is 0.0220. The molecule has 3 aromatic heterocycles. The quantitative estimate of drug-likeness (QED) is 0.772. The largest absolute Gasteiger partial charge is 0.336 e. The molecule has 0 bridgehead atoms. The Kier molecular flexibility index (Phi) is 4.20. The Morgan fingerprint density at radius 2 is 2.15 bits per heavy atom. The molecule has 1 saturated heterocycles. The van der Waals surface area contributed by atoms with Crippen molar-refractivity contribution >= 4 is 16.9 Å². The van der Waals surface area contributed by atoms with Gasteiger partial charge in [-0.1, -0.05) is 0 Å². The molecule has 1 unspecified atom stereocenters. The number of fused-ring (bicyclic) bond motifs is 1. The number of carbonyl (C=O) groups is 1. The molecule has 3 aromatic rings. The van der Waals surface area contributed by atoms with E-state index in [1.54, 1.807) is 18.6 Å². The van der Waals surface area contributed by atoms with Crippen LogP contribution >= 0.6 is 0 Å². The zero-order valence-corrected chi connectivity index (χ0v) is 15.3. The lowest BCUT2D eigenvalue weighted by molar-refractivity contribution is 0.0620. The zero-order chi connectivity index (χ0) is 18.3. The SMILES string of the molecule is CC(C)n1ncc2cc(C(=O)N3CCNCC3c3nccn3C)cnc21. The predicted molar refractivity (Wildman–Crippen MR) is 97.8 cm³/mol. The molecule has 1 fully saturated rings. The van der Waals surface area contributed by atoms with Crippen molar-refractivity contribution in [2.24, 2.45) is 7.05 Å². The highest BCUT2D eigenvalue weighted by Crippen LogP contribution is 2.24. The average Bonchev–Trinajstić information content (AvgIpc) is 3.26. The Labute approximate surface area is 151 Å². The first kappa shape index (κ1) is 16.7. The predicted octanol–water partition coefficient (Wildman–Crippen LogP) is 1.53. The van der Waals surface area contributed by atoms with Gasteiger partial charge in [0.05, 0.1) is 11.8 Å². The second kappa shape index (κ2) is 6.53. The van der Waals surface area contributed by atoms with Crippen molar-refractivity contribution < 1.29 is 4.79 Å². The van der Waals surface area contributed by atoms with Crippen LogP contribution in [0, 0.1) is 0 Å². The third-order valence-corrected chi connectivity index (χ3v) is 4.83. The van der Waals surface area contributed by atoms with Crippen molar-refractivity contribution in [2.75, 3.05) is 19.6 Å². The van der Waals surface area contributed by atoms with Crippen LogP contribution in [0.25, 0.3) is 11.0 Å². The molecule has 4 heterocycles. The molecule has 0 aliphatic carbocycles. The van der Waals surface area contributed by atoms with E-state index in [0.717, 1.165) is 23.4 Å². The van der Waals surface area contributed by atoms with E-state index in [1.807, 2.05) is 33.5 Å². The molecule has 0 radical (unpaired) electrons. The van der Waals surface area contributed by atoms with Crippen molar-refractivity contribution in [3.05, 3.63) is 42.2 Å². The smallest absolute Gasteiger partial charge is 0.256 e. The van der Waals surface area contributed by atoms with E-state index in [4.69, 9.17) is 0 Å². The summed E-state index contributed by atoms with van der Waals surface area (Å²) in [5, 5.41) is 8.62. The molecule has 1 N–H and O–H groups in total. The topological polar surface area (TPSA) is 80.9 Å². The third-order valence-electron chi connectivity index (χ3n) is 4.83. The lowest BCUT2D eigenvalue weighted by atomic mass is 10.1. The molecule has 0 aromatic carbocycles. The van der Waals surface area contributed by atoms with Gasteiger partial charge in [0.2, 0.25) is 0 Å². The summed E-state index contributed by atoms with van der Waals surface area (Å²) in [6.45, 7) is 6.22. The van der Waals surface area contributed by atoms with E-state index >= 15 is 0 Å². The number of hydrogen-bond acceptors (Lipinski definition) is 5. The minimum atomic E-state index is -0.0923. The molecule has 8 heteroatoms. The summed E-state index contributed by atoms with van der Waals surface area (Å²) in [7, 11) is 1.95. The zero-order valence-electron chi connectivity index (χ0n) is 15.3. The molecule has 0 spiro atoms. The van der Waals surface area contributed by atoms with Gasteiger partial charge < -0.3 is 14.8 Å². The first-order chi connectivity index (χ1) is 12.6. The van der Waals surface area contributed by atoms with Gasteiger partial charge in [0.15, 0.2) is 5.65 Å². The van der Waals surface area contributed by atoms with Gasteiger partial charge in [-0.25, -0.2) is 14.6 Å². The van der Waals surface area contributed by atoms with Crippen LogP contribution in [0.4, 0.5) is 0 Å². The highest BCUT2D eigenvalue weighted by molar-refractivity contribution is 5.97. The average molecular weight is 353 g/mol. The molecule has 4 rings (SSSR count). The fraction of sp³-hybridized carbons (Fsp3) is 0.444. The second-order valence-electron chi connectivity index (χ2n) is 6.93. The highest BCUT2D eigenvalue weighted by atomic mass is 16.2. The number of pyridine rings is 1. The van der Waals surface area contributed by atoms with Crippen molar-refractivity contribution in [1.29, 1.82) is 0 Å². The Balaban J connectivity index is 1.67. The van der Waals surface area contributed by atoms with Crippen molar-refractivity contribution in [2.45, 2.75) is 25.9 Å². The fourth-order valence-corrected chi connectivity index (χ4v) is 3.48. The summed E-state index contributed by atoms with van der Waals surface area (Å²) in [6.07, 6.45) is 7.09. The third kappa shape index (κ3) is 2.76. The van der Waals surface area contributed by atoms with Crippen LogP contribution in [0.1, 0.15) is 42.1 Å². The van der Waals surface area contributed by atoms with Crippen LogP contribution in [-0.4, -0.2) is 54.8 Å². The number of amides is 1. The Bertz CT molecular complexity index is 942. The second-order valence-corrected chi connectivity index (χ2v) is 6.93. The lowest BCUT2D eigenvalue weighted by Crippen LogP contribution is -2.49. The summed E-state index contributed by atoms with van der Waals surface area (Å²) >= 11 is 0. The molecule has 1 atom stereocenters. The van der Waals surface area contributed by atoms with Crippen molar-refractivity contribution in [1.82, 2.24) is 34.5 Å². The molecule has 26 heavy (non-hydrogen) atoms. The van der Waals surface area contributed by atoms with Gasteiger partial charge in [-0.15, -0.1) is 0 Å². The Morgan fingerprint density at radius 1 is 1.31 bits per heavy atom. The standard InChI is InChI=1S/C18H23N7O/c1-12(2)25-16-13(10-22-25)8-14(9-21-16)18(26)24-7-4-19-11-15(24)17-20-5-6-23(17)3/h5-6,8-10,12,15,19H,4,7,11H2,1-3H3. The number of rotatable bonds is 3. The van der Waals surface area contributed by atoms with E-state index < -0.39 is 0 Å². The minimum Gasteiger partial charge on any atom is -0.336 e. The fourth-order valence-electron chi connectivity index (χ4n) is 3.48. The number of hydrogen-bond donors (Lipinski definition) is 1.